The second kappa shape index (κ2) is 3.24. The van der Waals surface area contributed by atoms with E-state index in [9.17, 15) is 0 Å². The molecule has 80 valence electrons. The minimum Gasteiger partial charge on any atom is -0.396 e. The minimum atomic E-state index is 0.349. The van der Waals surface area contributed by atoms with Gasteiger partial charge in [0.2, 0.25) is 0 Å². The maximum atomic E-state index is 9.07. The summed E-state index contributed by atoms with van der Waals surface area (Å²) in [5.74, 6) is 1.16. The number of fused-ring (bicyclic) bond motifs is 1. The highest BCUT2D eigenvalue weighted by Gasteiger charge is 2.37. The zero-order valence-electron chi connectivity index (χ0n) is 9.11. The Hall–Kier alpha value is -1.02. The summed E-state index contributed by atoms with van der Waals surface area (Å²) < 4.78 is 0. The SMILES string of the molecule is CN1CCc2cc(C3CC3CO)ccc21. The quantitative estimate of drug-likeness (QED) is 0.792. The first-order chi connectivity index (χ1) is 7.29. The number of anilines is 1. The standard InChI is InChI=1S/C13H17NO/c1-14-5-4-10-6-9(2-3-13(10)14)12-7-11(12)8-15/h2-3,6,11-12,15H,4-5,7-8H2,1H3. The molecule has 2 heteroatoms. The summed E-state index contributed by atoms with van der Waals surface area (Å²) >= 11 is 0. The molecule has 0 saturated heterocycles. The Kier molecular flexibility index (Phi) is 1.99. The van der Waals surface area contributed by atoms with Crippen molar-refractivity contribution in [2.75, 3.05) is 25.1 Å². The van der Waals surface area contributed by atoms with Gasteiger partial charge in [-0.05, 0) is 41.9 Å². The van der Waals surface area contributed by atoms with E-state index in [1.165, 1.54) is 29.7 Å². The maximum absolute atomic E-state index is 9.07. The van der Waals surface area contributed by atoms with Crippen molar-refractivity contribution >= 4 is 5.69 Å². The molecule has 1 aromatic carbocycles. The molecule has 2 unspecified atom stereocenters. The molecule has 0 aromatic heterocycles. The van der Waals surface area contributed by atoms with E-state index >= 15 is 0 Å². The van der Waals surface area contributed by atoms with Crippen molar-refractivity contribution in [1.29, 1.82) is 0 Å². The number of hydrogen-bond acceptors (Lipinski definition) is 2. The van der Waals surface area contributed by atoms with Gasteiger partial charge in [0.25, 0.3) is 0 Å². The Morgan fingerprint density at radius 3 is 3.07 bits per heavy atom. The van der Waals surface area contributed by atoms with Crippen LogP contribution in [-0.4, -0.2) is 25.3 Å². The van der Waals surface area contributed by atoms with Crippen molar-refractivity contribution in [3.05, 3.63) is 29.3 Å². The monoisotopic (exact) mass is 203 g/mol. The summed E-state index contributed by atoms with van der Waals surface area (Å²) in [6.07, 6.45) is 2.35. The Labute approximate surface area is 90.5 Å². The Bertz CT molecular complexity index is 388. The molecule has 2 atom stereocenters. The van der Waals surface area contributed by atoms with E-state index in [0.717, 1.165) is 6.54 Å². The summed E-state index contributed by atoms with van der Waals surface area (Å²) in [5.41, 5.74) is 4.31. The van der Waals surface area contributed by atoms with E-state index < -0.39 is 0 Å². The second-order valence-electron chi connectivity index (χ2n) is 4.84. The molecule has 0 bridgehead atoms. The lowest BCUT2D eigenvalue weighted by Crippen LogP contribution is -2.12. The van der Waals surface area contributed by atoms with Crippen molar-refractivity contribution in [2.45, 2.75) is 18.8 Å². The van der Waals surface area contributed by atoms with Crippen LogP contribution in [0.15, 0.2) is 18.2 Å². The predicted molar refractivity (Wildman–Crippen MR) is 61.3 cm³/mol. The summed E-state index contributed by atoms with van der Waals surface area (Å²) in [4.78, 5) is 2.32. The summed E-state index contributed by atoms with van der Waals surface area (Å²) in [7, 11) is 2.15. The molecule has 3 rings (SSSR count). The third-order valence-corrected chi connectivity index (χ3v) is 3.82. The average Bonchev–Trinajstić information content (AvgIpc) is 2.97. The largest absolute Gasteiger partial charge is 0.396 e. The topological polar surface area (TPSA) is 23.5 Å². The van der Waals surface area contributed by atoms with Gasteiger partial charge in [0, 0.05) is 25.9 Å². The van der Waals surface area contributed by atoms with Gasteiger partial charge in [-0.2, -0.15) is 0 Å². The van der Waals surface area contributed by atoms with Crippen LogP contribution in [0.1, 0.15) is 23.5 Å². The van der Waals surface area contributed by atoms with Gasteiger partial charge in [-0.3, -0.25) is 0 Å². The molecule has 1 fully saturated rings. The van der Waals surface area contributed by atoms with Crippen LogP contribution in [0.5, 0.6) is 0 Å². The molecule has 2 aliphatic rings. The molecule has 0 amide bonds. The van der Waals surface area contributed by atoms with E-state index in [1.807, 2.05) is 0 Å². The van der Waals surface area contributed by atoms with Gasteiger partial charge < -0.3 is 10.0 Å². The highest BCUT2D eigenvalue weighted by molar-refractivity contribution is 5.59. The van der Waals surface area contributed by atoms with Gasteiger partial charge in [-0.15, -0.1) is 0 Å². The normalized spacial score (nSPS) is 28.0. The van der Waals surface area contributed by atoms with Gasteiger partial charge in [0.15, 0.2) is 0 Å². The summed E-state index contributed by atoms with van der Waals surface area (Å²) in [6.45, 7) is 1.49. The zero-order valence-corrected chi connectivity index (χ0v) is 9.11. The van der Waals surface area contributed by atoms with Crippen LogP contribution in [0, 0.1) is 5.92 Å². The highest BCUT2D eigenvalue weighted by Crippen LogP contribution is 2.48. The molecule has 1 saturated carbocycles. The number of aliphatic hydroxyl groups excluding tert-OH is 1. The summed E-state index contributed by atoms with van der Waals surface area (Å²) in [5, 5.41) is 9.07. The first kappa shape index (κ1) is 9.22. The van der Waals surface area contributed by atoms with Gasteiger partial charge in [0.1, 0.15) is 0 Å². The Balaban J connectivity index is 1.88. The molecular weight excluding hydrogens is 186 g/mol. The molecule has 0 radical (unpaired) electrons. The van der Waals surface area contributed by atoms with Crippen LogP contribution in [0.3, 0.4) is 0 Å². The van der Waals surface area contributed by atoms with Crippen LogP contribution in [0.4, 0.5) is 5.69 Å². The lowest BCUT2D eigenvalue weighted by Gasteiger charge is -2.12. The first-order valence-electron chi connectivity index (χ1n) is 5.74. The van der Waals surface area contributed by atoms with Gasteiger partial charge >= 0.3 is 0 Å². The van der Waals surface area contributed by atoms with Gasteiger partial charge in [-0.1, -0.05) is 12.1 Å². The average molecular weight is 203 g/mol. The van der Waals surface area contributed by atoms with E-state index in [1.54, 1.807) is 0 Å². The molecule has 1 heterocycles. The fourth-order valence-electron chi connectivity index (χ4n) is 2.67. The highest BCUT2D eigenvalue weighted by atomic mass is 16.3. The molecule has 1 aromatic rings. The second-order valence-corrected chi connectivity index (χ2v) is 4.84. The fourth-order valence-corrected chi connectivity index (χ4v) is 2.67. The molecule has 2 nitrogen and oxygen atoms in total. The van der Waals surface area contributed by atoms with Crippen molar-refractivity contribution in [2.24, 2.45) is 5.92 Å². The van der Waals surface area contributed by atoms with Gasteiger partial charge in [-0.25, -0.2) is 0 Å². The smallest absolute Gasteiger partial charge is 0.0465 e. The van der Waals surface area contributed by atoms with Crippen molar-refractivity contribution in [3.63, 3.8) is 0 Å². The van der Waals surface area contributed by atoms with Crippen LogP contribution < -0.4 is 4.90 Å². The van der Waals surface area contributed by atoms with Crippen LogP contribution in [0.2, 0.25) is 0 Å². The molecule has 1 N–H and O–H groups in total. The number of aliphatic hydroxyl groups is 1. The van der Waals surface area contributed by atoms with Crippen molar-refractivity contribution in [3.8, 4) is 0 Å². The van der Waals surface area contributed by atoms with E-state index in [4.69, 9.17) is 5.11 Å². The zero-order chi connectivity index (χ0) is 10.4. The first-order valence-corrected chi connectivity index (χ1v) is 5.74. The fraction of sp³-hybridized carbons (Fsp3) is 0.538. The van der Waals surface area contributed by atoms with Crippen LogP contribution >= 0.6 is 0 Å². The van der Waals surface area contributed by atoms with Gasteiger partial charge in [0.05, 0.1) is 0 Å². The predicted octanol–water partition coefficient (Wildman–Crippen LogP) is 1.77. The van der Waals surface area contributed by atoms with Crippen LogP contribution in [0.25, 0.3) is 0 Å². The molecular formula is C13H17NO. The molecule has 15 heavy (non-hydrogen) atoms. The van der Waals surface area contributed by atoms with Crippen molar-refractivity contribution in [1.82, 2.24) is 0 Å². The Morgan fingerprint density at radius 1 is 1.47 bits per heavy atom. The molecule has 1 aliphatic carbocycles. The third kappa shape index (κ3) is 1.44. The molecule has 1 aliphatic heterocycles. The number of nitrogens with zero attached hydrogens (tertiary/aromatic N) is 1. The lowest BCUT2D eigenvalue weighted by molar-refractivity contribution is 0.274. The maximum Gasteiger partial charge on any atom is 0.0465 e. The number of hydrogen-bond donors (Lipinski definition) is 1. The molecule has 0 spiro atoms. The van der Waals surface area contributed by atoms with Crippen molar-refractivity contribution < 1.29 is 5.11 Å². The number of rotatable bonds is 2. The van der Waals surface area contributed by atoms with Crippen LogP contribution in [-0.2, 0) is 6.42 Å². The Morgan fingerprint density at radius 2 is 2.33 bits per heavy atom. The number of benzene rings is 1. The summed E-state index contributed by atoms with van der Waals surface area (Å²) in [6, 6.07) is 6.82. The van der Waals surface area contributed by atoms with E-state index in [0.29, 0.717) is 18.4 Å². The number of likely N-dealkylation sites (N-methyl/N-ethyl adjacent to an activating group) is 1. The third-order valence-electron chi connectivity index (χ3n) is 3.82. The van der Waals surface area contributed by atoms with E-state index in [-0.39, 0.29) is 0 Å². The minimum absolute atomic E-state index is 0.349. The lowest BCUT2D eigenvalue weighted by atomic mass is 10.0. The van der Waals surface area contributed by atoms with E-state index in [2.05, 4.69) is 30.1 Å².